The van der Waals surface area contributed by atoms with E-state index in [4.69, 9.17) is 10.8 Å². The summed E-state index contributed by atoms with van der Waals surface area (Å²) in [7, 11) is 0. The fourth-order valence-corrected chi connectivity index (χ4v) is 2.38. The van der Waals surface area contributed by atoms with Gasteiger partial charge in [-0.3, -0.25) is 4.90 Å². The van der Waals surface area contributed by atoms with Gasteiger partial charge in [0.2, 0.25) is 0 Å². The van der Waals surface area contributed by atoms with Gasteiger partial charge in [-0.2, -0.15) is 0 Å². The van der Waals surface area contributed by atoms with Gasteiger partial charge in [-0.25, -0.2) is 4.79 Å². The van der Waals surface area contributed by atoms with Crippen LogP contribution in [0.15, 0.2) is 0 Å². The summed E-state index contributed by atoms with van der Waals surface area (Å²) in [6, 6.07) is 0.180. The average Bonchev–Trinajstić information content (AvgIpc) is 2.17. The SMILES string of the molecule is CC1CCCN(CC(C)(O)C(=O)O)C1CN. The van der Waals surface area contributed by atoms with E-state index in [0.717, 1.165) is 19.4 Å². The average molecular weight is 230 g/mol. The molecular weight excluding hydrogens is 208 g/mol. The lowest BCUT2D eigenvalue weighted by molar-refractivity contribution is -0.159. The third kappa shape index (κ3) is 2.93. The normalized spacial score (nSPS) is 31.0. The second kappa shape index (κ2) is 5.12. The van der Waals surface area contributed by atoms with Crippen molar-refractivity contribution >= 4 is 5.97 Å². The molecule has 0 bridgehead atoms. The van der Waals surface area contributed by atoms with Crippen molar-refractivity contribution in [3.05, 3.63) is 0 Å². The topological polar surface area (TPSA) is 86.8 Å². The molecule has 0 saturated carbocycles. The van der Waals surface area contributed by atoms with E-state index >= 15 is 0 Å². The number of aliphatic hydroxyl groups is 1. The maximum atomic E-state index is 10.9. The van der Waals surface area contributed by atoms with Crippen molar-refractivity contribution in [1.29, 1.82) is 0 Å². The van der Waals surface area contributed by atoms with Gasteiger partial charge in [0.1, 0.15) is 0 Å². The summed E-state index contributed by atoms with van der Waals surface area (Å²) in [5, 5.41) is 18.7. The van der Waals surface area contributed by atoms with Crippen LogP contribution in [0.1, 0.15) is 26.7 Å². The number of carbonyl (C=O) groups is 1. The molecule has 0 amide bonds. The van der Waals surface area contributed by atoms with Crippen LogP contribution in [0.3, 0.4) is 0 Å². The Bertz CT molecular complexity index is 256. The molecule has 1 saturated heterocycles. The minimum atomic E-state index is -1.69. The molecule has 0 aromatic heterocycles. The maximum Gasteiger partial charge on any atom is 0.336 e. The Labute approximate surface area is 96.2 Å². The van der Waals surface area contributed by atoms with Crippen LogP contribution in [0, 0.1) is 5.92 Å². The van der Waals surface area contributed by atoms with Gasteiger partial charge in [-0.15, -0.1) is 0 Å². The first-order valence-corrected chi connectivity index (χ1v) is 5.78. The van der Waals surface area contributed by atoms with Crippen molar-refractivity contribution in [2.45, 2.75) is 38.3 Å². The lowest BCUT2D eigenvalue weighted by atomic mass is 9.89. The Balaban J connectivity index is 2.67. The maximum absolute atomic E-state index is 10.9. The Hall–Kier alpha value is -0.650. The number of carboxylic acids is 1. The zero-order valence-corrected chi connectivity index (χ0v) is 10.0. The lowest BCUT2D eigenvalue weighted by Gasteiger charge is -2.41. The van der Waals surface area contributed by atoms with Crippen LogP contribution in [-0.4, -0.2) is 52.4 Å². The second-order valence-corrected chi connectivity index (χ2v) is 4.97. The molecule has 5 nitrogen and oxygen atoms in total. The van der Waals surface area contributed by atoms with Gasteiger partial charge < -0.3 is 15.9 Å². The summed E-state index contributed by atoms with van der Waals surface area (Å²) in [6.45, 7) is 4.93. The van der Waals surface area contributed by atoms with E-state index in [9.17, 15) is 9.90 Å². The van der Waals surface area contributed by atoms with Gasteiger partial charge in [0.25, 0.3) is 0 Å². The van der Waals surface area contributed by atoms with Crippen LogP contribution in [0.25, 0.3) is 0 Å². The zero-order valence-electron chi connectivity index (χ0n) is 10.0. The van der Waals surface area contributed by atoms with Crippen LogP contribution in [0.2, 0.25) is 0 Å². The number of hydrogen-bond acceptors (Lipinski definition) is 4. The molecule has 5 heteroatoms. The largest absolute Gasteiger partial charge is 0.479 e. The second-order valence-electron chi connectivity index (χ2n) is 4.97. The van der Waals surface area contributed by atoms with E-state index < -0.39 is 11.6 Å². The van der Waals surface area contributed by atoms with Crippen molar-refractivity contribution in [1.82, 2.24) is 4.90 Å². The predicted octanol–water partition coefficient (Wildman–Crippen LogP) is -0.119. The molecular formula is C11H22N2O3. The van der Waals surface area contributed by atoms with Gasteiger partial charge >= 0.3 is 5.97 Å². The minimum Gasteiger partial charge on any atom is -0.479 e. The first kappa shape index (κ1) is 13.4. The first-order valence-electron chi connectivity index (χ1n) is 5.78. The molecule has 0 aromatic carbocycles. The molecule has 0 radical (unpaired) electrons. The van der Waals surface area contributed by atoms with Gasteiger partial charge in [-0.1, -0.05) is 6.92 Å². The van der Waals surface area contributed by atoms with Crippen molar-refractivity contribution in [3.8, 4) is 0 Å². The predicted molar refractivity (Wildman–Crippen MR) is 61.1 cm³/mol. The summed E-state index contributed by atoms with van der Waals surface area (Å²) in [6.07, 6.45) is 2.15. The number of likely N-dealkylation sites (tertiary alicyclic amines) is 1. The molecule has 3 atom stereocenters. The van der Waals surface area contributed by atoms with E-state index in [1.54, 1.807) is 0 Å². The van der Waals surface area contributed by atoms with Crippen LogP contribution in [0.5, 0.6) is 0 Å². The smallest absolute Gasteiger partial charge is 0.336 e. The zero-order chi connectivity index (χ0) is 12.3. The molecule has 1 heterocycles. The molecule has 16 heavy (non-hydrogen) atoms. The highest BCUT2D eigenvalue weighted by molar-refractivity contribution is 5.76. The van der Waals surface area contributed by atoms with E-state index in [-0.39, 0.29) is 12.6 Å². The van der Waals surface area contributed by atoms with Crippen LogP contribution < -0.4 is 5.73 Å². The third-order valence-electron chi connectivity index (χ3n) is 3.44. The van der Waals surface area contributed by atoms with Gasteiger partial charge in [-0.05, 0) is 32.2 Å². The number of piperidine rings is 1. The van der Waals surface area contributed by atoms with Crippen LogP contribution >= 0.6 is 0 Å². The monoisotopic (exact) mass is 230 g/mol. The first-order chi connectivity index (χ1) is 7.38. The Kier molecular flexibility index (Phi) is 4.29. The van der Waals surface area contributed by atoms with Crippen molar-refractivity contribution in [2.24, 2.45) is 11.7 Å². The summed E-state index contributed by atoms with van der Waals surface area (Å²) in [5.74, 6) is -0.718. The third-order valence-corrected chi connectivity index (χ3v) is 3.44. The fraction of sp³-hybridized carbons (Fsp3) is 0.909. The Morgan fingerprint density at radius 1 is 1.62 bits per heavy atom. The Morgan fingerprint density at radius 2 is 2.25 bits per heavy atom. The van der Waals surface area contributed by atoms with E-state index in [0.29, 0.717) is 12.5 Å². The number of rotatable bonds is 4. The molecule has 4 N–H and O–H groups in total. The number of nitrogens with two attached hydrogens (primary N) is 1. The molecule has 1 aliphatic rings. The molecule has 0 spiro atoms. The number of nitrogens with zero attached hydrogens (tertiary/aromatic N) is 1. The molecule has 94 valence electrons. The summed E-state index contributed by atoms with van der Waals surface area (Å²) in [4.78, 5) is 12.9. The molecule has 1 fully saturated rings. The standard InChI is InChI=1S/C11H22N2O3/c1-8-4-3-5-13(9(8)6-12)7-11(2,16)10(14)15/h8-9,16H,3-7,12H2,1-2H3,(H,14,15). The summed E-state index contributed by atoms with van der Waals surface area (Å²) < 4.78 is 0. The quantitative estimate of drug-likeness (QED) is 0.627. The van der Waals surface area contributed by atoms with Gasteiger partial charge in [0, 0.05) is 19.1 Å². The van der Waals surface area contributed by atoms with Crippen molar-refractivity contribution < 1.29 is 15.0 Å². The summed E-state index contributed by atoms with van der Waals surface area (Å²) in [5.41, 5.74) is 4.02. The minimum absolute atomic E-state index is 0.147. The van der Waals surface area contributed by atoms with Gasteiger partial charge in [0.15, 0.2) is 5.60 Å². The molecule has 0 aromatic rings. The molecule has 3 unspecified atom stereocenters. The highest BCUT2D eigenvalue weighted by Gasteiger charge is 2.37. The van der Waals surface area contributed by atoms with E-state index in [1.165, 1.54) is 6.92 Å². The number of carboxylic acid groups (broad SMARTS) is 1. The highest BCUT2D eigenvalue weighted by Crippen LogP contribution is 2.24. The Morgan fingerprint density at radius 3 is 2.75 bits per heavy atom. The van der Waals surface area contributed by atoms with Crippen LogP contribution in [0.4, 0.5) is 0 Å². The molecule has 1 rings (SSSR count). The molecule has 1 aliphatic heterocycles. The van der Waals surface area contributed by atoms with E-state index in [2.05, 4.69) is 6.92 Å². The number of β-amino-alcohol motifs (C(OH)–C–C–N with tert-alkyl or cyclic N) is 1. The highest BCUT2D eigenvalue weighted by atomic mass is 16.4. The lowest BCUT2D eigenvalue weighted by Crippen LogP contribution is -2.55. The summed E-state index contributed by atoms with van der Waals surface area (Å²) >= 11 is 0. The van der Waals surface area contributed by atoms with Crippen LogP contribution in [-0.2, 0) is 4.79 Å². The fourth-order valence-electron chi connectivity index (χ4n) is 2.38. The number of aliphatic carboxylic acids is 1. The van der Waals surface area contributed by atoms with E-state index in [1.807, 2.05) is 4.90 Å². The van der Waals surface area contributed by atoms with Crippen molar-refractivity contribution in [3.63, 3.8) is 0 Å². The molecule has 0 aliphatic carbocycles. The van der Waals surface area contributed by atoms with Gasteiger partial charge in [0.05, 0.1) is 0 Å². The number of hydrogen-bond donors (Lipinski definition) is 3. The van der Waals surface area contributed by atoms with Crippen molar-refractivity contribution in [2.75, 3.05) is 19.6 Å².